The zero-order valence-corrected chi connectivity index (χ0v) is 17.7. The number of benzene rings is 2. The number of nitrogens with one attached hydrogen (secondary N) is 1. The molecule has 0 saturated carbocycles. The maximum Gasteiger partial charge on any atom is 0.227 e. The number of likely N-dealkylation sites (tertiary alicyclic amines) is 1. The van der Waals surface area contributed by atoms with Crippen molar-refractivity contribution in [3.05, 3.63) is 71.3 Å². The summed E-state index contributed by atoms with van der Waals surface area (Å²) in [6.07, 6.45) is 1.91. The Balaban J connectivity index is 1.35. The first-order chi connectivity index (χ1) is 14.9. The molecule has 0 bridgehead atoms. The minimum Gasteiger partial charge on any atom is -0.355 e. The summed E-state index contributed by atoms with van der Waals surface area (Å²) in [5, 5.41) is 3.02. The molecule has 1 N–H and O–H groups in total. The standard InChI is InChI=1S/C25H28F2N2O2/c1-17(14-23(30)19-4-8-21(27)9-5-19)16-29-12-10-25(11-13-29)22(15-28-24(25)31)18-2-6-20(26)7-3-18/h2-9,17,22H,10-16H2,1H3,(H,28,31)/t17-,22?/m1/s1. The van der Waals surface area contributed by atoms with E-state index in [4.69, 9.17) is 0 Å². The van der Waals surface area contributed by atoms with E-state index in [1.54, 1.807) is 12.1 Å². The summed E-state index contributed by atoms with van der Waals surface area (Å²) < 4.78 is 26.4. The third-order valence-corrected chi connectivity index (χ3v) is 6.88. The Morgan fingerprint density at radius 1 is 1.06 bits per heavy atom. The van der Waals surface area contributed by atoms with Crippen LogP contribution in [0.4, 0.5) is 8.78 Å². The van der Waals surface area contributed by atoms with Crippen molar-refractivity contribution in [3.63, 3.8) is 0 Å². The fourth-order valence-corrected chi connectivity index (χ4v) is 5.14. The van der Waals surface area contributed by atoms with Crippen molar-refractivity contribution in [2.24, 2.45) is 11.3 Å². The molecule has 0 aromatic heterocycles. The molecule has 1 unspecified atom stereocenters. The lowest BCUT2D eigenvalue weighted by molar-refractivity contribution is -0.130. The van der Waals surface area contributed by atoms with Gasteiger partial charge in [-0.1, -0.05) is 19.1 Å². The van der Waals surface area contributed by atoms with E-state index in [0.29, 0.717) is 18.5 Å². The number of carbonyl (C=O) groups is 2. The Bertz CT molecular complexity index is 935. The minimum absolute atomic E-state index is 0.0209. The Morgan fingerprint density at radius 3 is 2.26 bits per heavy atom. The molecule has 0 radical (unpaired) electrons. The summed E-state index contributed by atoms with van der Waals surface area (Å²) in [4.78, 5) is 27.6. The first-order valence-corrected chi connectivity index (χ1v) is 10.9. The number of amides is 1. The van der Waals surface area contributed by atoms with Crippen LogP contribution in [0.2, 0.25) is 0 Å². The maximum atomic E-state index is 13.3. The molecule has 2 saturated heterocycles. The van der Waals surface area contributed by atoms with Gasteiger partial charge in [-0.3, -0.25) is 9.59 Å². The average molecular weight is 427 g/mol. The highest BCUT2D eigenvalue weighted by Gasteiger charge is 2.51. The highest BCUT2D eigenvalue weighted by molar-refractivity contribution is 5.96. The molecule has 2 aromatic carbocycles. The minimum atomic E-state index is -0.443. The van der Waals surface area contributed by atoms with Crippen LogP contribution in [0.3, 0.4) is 0 Å². The van der Waals surface area contributed by atoms with E-state index in [9.17, 15) is 18.4 Å². The second kappa shape index (κ2) is 8.87. The van der Waals surface area contributed by atoms with E-state index in [2.05, 4.69) is 17.1 Å². The van der Waals surface area contributed by atoms with Gasteiger partial charge in [0.2, 0.25) is 5.91 Å². The van der Waals surface area contributed by atoms with Crippen molar-refractivity contribution in [1.29, 1.82) is 0 Å². The summed E-state index contributed by atoms with van der Waals surface area (Å²) in [6, 6.07) is 12.2. The van der Waals surface area contributed by atoms with Crippen LogP contribution in [-0.2, 0) is 4.79 Å². The highest BCUT2D eigenvalue weighted by atomic mass is 19.1. The Labute approximate surface area is 181 Å². The fraction of sp³-hybridized carbons (Fsp3) is 0.440. The molecule has 1 amide bonds. The van der Waals surface area contributed by atoms with Gasteiger partial charge in [0.15, 0.2) is 5.78 Å². The van der Waals surface area contributed by atoms with Gasteiger partial charge in [0.1, 0.15) is 11.6 Å². The molecular weight excluding hydrogens is 398 g/mol. The molecular formula is C25H28F2N2O2. The van der Waals surface area contributed by atoms with E-state index in [1.807, 2.05) is 0 Å². The molecule has 2 aliphatic rings. The molecule has 2 aromatic rings. The van der Waals surface area contributed by atoms with Gasteiger partial charge < -0.3 is 10.2 Å². The lowest BCUT2D eigenvalue weighted by Crippen LogP contribution is -2.47. The van der Waals surface area contributed by atoms with Crippen LogP contribution in [0.1, 0.15) is 48.0 Å². The van der Waals surface area contributed by atoms with E-state index in [0.717, 1.165) is 38.0 Å². The van der Waals surface area contributed by atoms with E-state index in [1.165, 1.54) is 36.4 Å². The number of hydrogen-bond donors (Lipinski definition) is 1. The smallest absolute Gasteiger partial charge is 0.227 e. The summed E-state index contributed by atoms with van der Waals surface area (Å²) in [5.41, 5.74) is 1.10. The zero-order chi connectivity index (χ0) is 22.0. The highest BCUT2D eigenvalue weighted by Crippen LogP contribution is 2.47. The molecule has 2 aliphatic heterocycles. The number of Topliss-reactive ketones (excluding diaryl/α,β-unsaturated/α-hetero) is 1. The van der Waals surface area contributed by atoms with Crippen molar-refractivity contribution >= 4 is 11.7 Å². The van der Waals surface area contributed by atoms with Crippen molar-refractivity contribution in [1.82, 2.24) is 10.2 Å². The monoisotopic (exact) mass is 426 g/mol. The third kappa shape index (κ3) is 4.54. The van der Waals surface area contributed by atoms with Gasteiger partial charge in [-0.25, -0.2) is 8.78 Å². The molecule has 4 rings (SSSR count). The summed E-state index contributed by atoms with van der Waals surface area (Å²) in [6.45, 7) is 5.01. The van der Waals surface area contributed by atoms with Crippen LogP contribution in [0.25, 0.3) is 0 Å². The lowest BCUT2D eigenvalue weighted by atomic mass is 9.68. The molecule has 2 heterocycles. The van der Waals surface area contributed by atoms with Gasteiger partial charge in [0.05, 0.1) is 5.41 Å². The summed E-state index contributed by atoms with van der Waals surface area (Å²) in [7, 11) is 0. The molecule has 4 nitrogen and oxygen atoms in total. The largest absolute Gasteiger partial charge is 0.355 e. The van der Waals surface area contributed by atoms with E-state index >= 15 is 0 Å². The van der Waals surface area contributed by atoms with Crippen LogP contribution in [-0.4, -0.2) is 42.8 Å². The van der Waals surface area contributed by atoms with Crippen LogP contribution in [0.15, 0.2) is 48.5 Å². The molecule has 6 heteroatoms. The quantitative estimate of drug-likeness (QED) is 0.706. The van der Waals surface area contributed by atoms with Crippen molar-refractivity contribution in [2.75, 3.05) is 26.2 Å². The molecule has 1 spiro atoms. The molecule has 2 fully saturated rings. The topological polar surface area (TPSA) is 49.4 Å². The molecule has 0 aliphatic carbocycles. The zero-order valence-electron chi connectivity index (χ0n) is 17.7. The van der Waals surface area contributed by atoms with E-state index in [-0.39, 0.29) is 35.2 Å². The van der Waals surface area contributed by atoms with Crippen LogP contribution < -0.4 is 5.32 Å². The lowest BCUT2D eigenvalue weighted by Gasteiger charge is -2.41. The maximum absolute atomic E-state index is 13.3. The predicted molar refractivity (Wildman–Crippen MR) is 115 cm³/mol. The summed E-state index contributed by atoms with van der Waals surface area (Å²) >= 11 is 0. The second-order valence-electron chi connectivity index (χ2n) is 9.01. The normalized spacial score (nSPS) is 21.8. The van der Waals surface area contributed by atoms with Crippen LogP contribution >= 0.6 is 0 Å². The Kier molecular flexibility index (Phi) is 6.19. The Hall–Kier alpha value is -2.60. The summed E-state index contributed by atoms with van der Waals surface area (Å²) in [5.74, 6) is -0.276. The number of halogens is 2. The predicted octanol–water partition coefficient (Wildman–Crippen LogP) is 4.17. The number of piperidine rings is 1. The van der Waals surface area contributed by atoms with Crippen molar-refractivity contribution in [2.45, 2.75) is 32.1 Å². The first kappa shape index (κ1) is 21.6. The van der Waals surface area contributed by atoms with Crippen LogP contribution in [0, 0.1) is 23.0 Å². The van der Waals surface area contributed by atoms with Gasteiger partial charge in [-0.15, -0.1) is 0 Å². The number of rotatable bonds is 6. The number of carbonyl (C=O) groups excluding carboxylic acids is 2. The van der Waals surface area contributed by atoms with Crippen molar-refractivity contribution in [3.8, 4) is 0 Å². The molecule has 164 valence electrons. The third-order valence-electron chi connectivity index (χ3n) is 6.88. The first-order valence-electron chi connectivity index (χ1n) is 10.9. The molecule has 31 heavy (non-hydrogen) atoms. The Morgan fingerprint density at radius 2 is 1.65 bits per heavy atom. The SMILES string of the molecule is C[C@H](CC(=O)c1ccc(F)cc1)CN1CCC2(CC1)C(=O)NCC2c1ccc(F)cc1. The van der Waals surface area contributed by atoms with Gasteiger partial charge >= 0.3 is 0 Å². The number of ketones is 1. The average Bonchev–Trinajstić information content (AvgIpc) is 3.06. The second-order valence-corrected chi connectivity index (χ2v) is 9.01. The van der Waals surface area contributed by atoms with Gasteiger partial charge in [0, 0.05) is 31.0 Å². The molecule has 2 atom stereocenters. The van der Waals surface area contributed by atoms with Gasteiger partial charge in [0.25, 0.3) is 0 Å². The van der Waals surface area contributed by atoms with E-state index < -0.39 is 5.41 Å². The fourth-order valence-electron chi connectivity index (χ4n) is 5.14. The van der Waals surface area contributed by atoms with Gasteiger partial charge in [-0.2, -0.15) is 0 Å². The van der Waals surface area contributed by atoms with Gasteiger partial charge in [-0.05, 0) is 73.8 Å². The van der Waals surface area contributed by atoms with Crippen LogP contribution in [0.5, 0.6) is 0 Å². The van der Waals surface area contributed by atoms with Crippen molar-refractivity contribution < 1.29 is 18.4 Å². The number of hydrogen-bond acceptors (Lipinski definition) is 3. The number of nitrogens with zero attached hydrogens (tertiary/aromatic N) is 1.